The Bertz CT molecular complexity index is 3580. The van der Waals surface area contributed by atoms with Crippen LogP contribution in [0.1, 0.15) is 11.0 Å². The van der Waals surface area contributed by atoms with Gasteiger partial charge in [-0.05, 0) is 112 Å². The number of hydrogen-bond acceptors (Lipinski definition) is 1. The van der Waals surface area contributed by atoms with Gasteiger partial charge in [-0.2, -0.15) is 0 Å². The summed E-state index contributed by atoms with van der Waals surface area (Å²) in [5.41, 5.74) is 5.19. The molecule has 0 saturated carbocycles. The molecule has 1 heteroatoms. The maximum absolute atomic E-state index is 9.53. The fourth-order valence-corrected chi connectivity index (χ4v) is 8.02. The van der Waals surface area contributed by atoms with Gasteiger partial charge in [0.25, 0.3) is 0 Å². The van der Waals surface area contributed by atoms with Crippen LogP contribution in [0.5, 0.6) is 0 Å². The fourth-order valence-electron chi connectivity index (χ4n) is 8.02. The lowest BCUT2D eigenvalue weighted by Crippen LogP contribution is -1.92. The van der Waals surface area contributed by atoms with Crippen LogP contribution in [0.15, 0.2) is 186 Å². The van der Waals surface area contributed by atoms with Gasteiger partial charge in [-0.15, -0.1) is 0 Å². The SMILES string of the molecule is [2H]c1c([2H])c([2H])c2c(-c3cccc4ccc(-c5cccc6oc7cc8ccccc8cc7c56)cc34)c3c([2H])c([2H])c([2H])c([2H])c3c(-c3cccc4ccccc34)c2c1[2H]. The molecule has 0 amide bonds. The van der Waals surface area contributed by atoms with Crippen LogP contribution in [0, 0.1) is 0 Å². The largest absolute Gasteiger partial charge is 0.456 e. The van der Waals surface area contributed by atoms with Crippen LogP contribution >= 0.6 is 0 Å². The Morgan fingerprint density at radius 3 is 1.57 bits per heavy atom. The van der Waals surface area contributed by atoms with Gasteiger partial charge in [0.1, 0.15) is 11.2 Å². The normalized spacial score (nSPS) is 14.1. The molecule has 0 atom stereocenters. The van der Waals surface area contributed by atoms with Crippen LogP contribution < -0.4 is 0 Å². The number of fused-ring (bicyclic) bond motifs is 8. The Morgan fingerprint density at radius 2 is 0.882 bits per heavy atom. The van der Waals surface area contributed by atoms with E-state index in [4.69, 9.17) is 9.90 Å². The quantitative estimate of drug-likeness (QED) is 0.173. The second-order valence-corrected chi connectivity index (χ2v) is 13.0. The number of rotatable bonds is 3. The Morgan fingerprint density at radius 1 is 0.353 bits per heavy atom. The maximum atomic E-state index is 9.53. The zero-order valence-electron chi connectivity index (χ0n) is 35.1. The van der Waals surface area contributed by atoms with Gasteiger partial charge in [-0.3, -0.25) is 0 Å². The molecule has 1 nitrogen and oxygen atoms in total. The Labute approximate surface area is 305 Å². The van der Waals surface area contributed by atoms with E-state index in [2.05, 4.69) is 42.5 Å². The van der Waals surface area contributed by atoms with E-state index >= 15 is 0 Å². The summed E-state index contributed by atoms with van der Waals surface area (Å²) in [6.07, 6.45) is 0. The van der Waals surface area contributed by atoms with E-state index in [1.54, 1.807) is 0 Å². The molecular weight excluding hydrogens is 617 g/mol. The van der Waals surface area contributed by atoms with Crippen LogP contribution in [-0.2, 0) is 0 Å². The maximum Gasteiger partial charge on any atom is 0.136 e. The van der Waals surface area contributed by atoms with E-state index < -0.39 is 24.2 Å². The van der Waals surface area contributed by atoms with E-state index in [0.29, 0.717) is 22.3 Å². The van der Waals surface area contributed by atoms with E-state index in [0.717, 1.165) is 65.4 Å². The second kappa shape index (κ2) is 10.9. The average molecular weight is 655 g/mol. The Kier molecular flexibility index (Phi) is 4.57. The topological polar surface area (TPSA) is 13.1 Å². The molecule has 1 heterocycles. The minimum Gasteiger partial charge on any atom is -0.456 e. The van der Waals surface area contributed by atoms with Gasteiger partial charge >= 0.3 is 0 Å². The van der Waals surface area contributed by atoms with Crippen LogP contribution in [0.3, 0.4) is 0 Å². The number of hydrogen-bond donors (Lipinski definition) is 0. The van der Waals surface area contributed by atoms with Crippen molar-refractivity contribution in [2.75, 3.05) is 0 Å². The highest BCUT2D eigenvalue weighted by molar-refractivity contribution is 6.25. The third-order valence-corrected chi connectivity index (χ3v) is 10.3. The highest BCUT2D eigenvalue weighted by Gasteiger charge is 2.20. The molecule has 10 aromatic carbocycles. The van der Waals surface area contributed by atoms with Crippen molar-refractivity contribution in [1.29, 1.82) is 0 Å². The second-order valence-electron chi connectivity index (χ2n) is 13.0. The molecule has 1 aromatic heterocycles. The van der Waals surface area contributed by atoms with Gasteiger partial charge in [-0.1, -0.05) is 158 Å². The molecule has 0 unspecified atom stereocenters. The van der Waals surface area contributed by atoms with Gasteiger partial charge in [0, 0.05) is 10.8 Å². The van der Waals surface area contributed by atoms with Crippen LogP contribution in [-0.4, -0.2) is 0 Å². The van der Waals surface area contributed by atoms with Crippen molar-refractivity contribution in [2.45, 2.75) is 0 Å². The van der Waals surface area contributed by atoms with Crippen LogP contribution in [0.25, 0.3) is 109 Å². The summed E-state index contributed by atoms with van der Waals surface area (Å²) < 4.78 is 80.1. The highest BCUT2D eigenvalue weighted by atomic mass is 16.3. The zero-order valence-corrected chi connectivity index (χ0v) is 27.1. The summed E-state index contributed by atoms with van der Waals surface area (Å²) in [7, 11) is 0. The van der Waals surface area contributed by atoms with Crippen molar-refractivity contribution in [1.82, 2.24) is 0 Å². The smallest absolute Gasteiger partial charge is 0.136 e. The van der Waals surface area contributed by atoms with Crippen LogP contribution in [0.2, 0.25) is 0 Å². The molecule has 0 aliphatic rings. The predicted molar refractivity (Wildman–Crippen MR) is 218 cm³/mol. The molecule has 11 aromatic rings. The summed E-state index contributed by atoms with van der Waals surface area (Å²) in [4.78, 5) is 0. The summed E-state index contributed by atoms with van der Waals surface area (Å²) in [6, 6.07) is 40.7. The molecule has 0 fully saturated rings. The summed E-state index contributed by atoms with van der Waals surface area (Å²) in [5.74, 6) is 0. The van der Waals surface area contributed by atoms with Crippen molar-refractivity contribution in [3.63, 3.8) is 0 Å². The fraction of sp³-hybridized carbons (Fsp3) is 0. The lowest BCUT2D eigenvalue weighted by atomic mass is 9.83. The first kappa shape index (κ1) is 21.4. The molecule has 0 N–H and O–H groups in total. The van der Waals surface area contributed by atoms with Crippen molar-refractivity contribution in [3.8, 4) is 33.4 Å². The molecule has 0 aliphatic heterocycles. The molecule has 0 bridgehead atoms. The van der Waals surface area contributed by atoms with E-state index in [1.165, 1.54) is 0 Å². The Balaban J connectivity index is 1.31. The van der Waals surface area contributed by atoms with Gasteiger partial charge in [0.2, 0.25) is 0 Å². The average Bonchev–Trinajstić information content (AvgIpc) is 3.64. The van der Waals surface area contributed by atoms with Crippen LogP contribution in [0.4, 0.5) is 0 Å². The predicted octanol–water partition coefficient (Wildman–Crippen LogP) is 14.4. The van der Waals surface area contributed by atoms with E-state index in [1.807, 2.05) is 91.0 Å². The number of benzene rings is 10. The summed E-state index contributed by atoms with van der Waals surface area (Å²) in [6.45, 7) is 0. The molecule has 51 heavy (non-hydrogen) atoms. The van der Waals surface area contributed by atoms with Gasteiger partial charge in [-0.25, -0.2) is 0 Å². The molecule has 0 radical (unpaired) electrons. The first-order valence-corrected chi connectivity index (χ1v) is 16.9. The van der Waals surface area contributed by atoms with Crippen molar-refractivity contribution in [3.05, 3.63) is 182 Å². The number of furan rings is 1. The molecule has 0 aliphatic carbocycles. The molecule has 236 valence electrons. The minimum atomic E-state index is -0.431. The monoisotopic (exact) mass is 654 g/mol. The van der Waals surface area contributed by atoms with E-state index in [-0.39, 0.29) is 45.7 Å². The van der Waals surface area contributed by atoms with Gasteiger partial charge in [0.15, 0.2) is 0 Å². The first-order valence-electron chi connectivity index (χ1n) is 20.9. The third-order valence-electron chi connectivity index (χ3n) is 10.3. The lowest BCUT2D eigenvalue weighted by molar-refractivity contribution is 0.669. The lowest BCUT2D eigenvalue weighted by Gasteiger charge is -2.20. The first-order chi connectivity index (χ1) is 28.6. The zero-order chi connectivity index (χ0) is 40.4. The van der Waals surface area contributed by atoms with Gasteiger partial charge in [0.05, 0.1) is 11.0 Å². The highest BCUT2D eigenvalue weighted by Crippen LogP contribution is 2.47. The minimum absolute atomic E-state index is 0.184. The summed E-state index contributed by atoms with van der Waals surface area (Å²) >= 11 is 0. The molecule has 0 spiro atoms. The molecular formula is C50H30O. The van der Waals surface area contributed by atoms with Crippen molar-refractivity contribution in [2.24, 2.45) is 0 Å². The third kappa shape index (κ3) is 4.22. The molecule has 11 rings (SSSR count). The Hall–Kier alpha value is -6.70. The van der Waals surface area contributed by atoms with Gasteiger partial charge < -0.3 is 4.42 Å². The summed E-state index contributed by atoms with van der Waals surface area (Å²) in [5, 5.41) is 8.14. The van der Waals surface area contributed by atoms with Crippen molar-refractivity contribution >= 4 is 75.8 Å². The standard InChI is InChI=1S/C50H30O/c1-2-14-34-30-47-45(28-33(34)13-1)50-37(22-11-25-46(50)51-47)35-27-26-32-16-10-24-43(44(32)29-35)49-41-20-7-5-18-39(41)48(40-19-6-8-21-42(40)49)38-23-9-15-31-12-3-4-17-36(31)38/h1-30H/i5D,6D,7D,8D,18D,19D,20D,21D. The van der Waals surface area contributed by atoms with E-state index in [9.17, 15) is 5.48 Å². The van der Waals surface area contributed by atoms with Crippen molar-refractivity contribution < 1.29 is 15.4 Å². The molecule has 0 saturated heterocycles.